The zero-order valence-electron chi connectivity index (χ0n) is 9.08. The highest BCUT2D eigenvalue weighted by atomic mass is 16.5. The molecular weight excluding hydrogens is 180 g/mol. The molecule has 0 radical (unpaired) electrons. The van der Waals surface area contributed by atoms with E-state index in [-0.39, 0.29) is 6.09 Å². The minimum absolute atomic E-state index is 0.195. The Bertz CT molecular complexity index is 177. The Morgan fingerprint density at radius 3 is 2.64 bits per heavy atom. The summed E-state index contributed by atoms with van der Waals surface area (Å²) < 4.78 is 4.67. The van der Waals surface area contributed by atoms with Crippen LogP contribution in [-0.4, -0.2) is 43.8 Å². The van der Waals surface area contributed by atoms with E-state index in [2.05, 4.69) is 17.0 Å². The molecule has 14 heavy (non-hydrogen) atoms. The summed E-state index contributed by atoms with van der Waals surface area (Å²) in [5.41, 5.74) is 0. The predicted octanol–water partition coefficient (Wildman–Crippen LogP) is 1.22. The van der Waals surface area contributed by atoms with E-state index >= 15 is 0 Å². The number of nitrogens with one attached hydrogen (secondary N) is 1. The Kier molecular flexibility index (Phi) is 4.73. The molecule has 0 spiro atoms. The van der Waals surface area contributed by atoms with Gasteiger partial charge in [-0.25, -0.2) is 4.79 Å². The lowest BCUT2D eigenvalue weighted by atomic mass is 10.1. The van der Waals surface area contributed by atoms with Gasteiger partial charge in [-0.2, -0.15) is 0 Å². The van der Waals surface area contributed by atoms with Crippen LogP contribution in [0.25, 0.3) is 0 Å². The first-order valence-electron chi connectivity index (χ1n) is 5.34. The van der Waals surface area contributed by atoms with Crippen LogP contribution < -0.4 is 5.32 Å². The van der Waals surface area contributed by atoms with Crippen molar-refractivity contribution < 1.29 is 9.53 Å². The summed E-state index contributed by atoms with van der Waals surface area (Å²) in [4.78, 5) is 12.9. The lowest BCUT2D eigenvalue weighted by Gasteiger charge is -2.31. The molecule has 0 aliphatic carbocycles. The SMILES string of the molecule is CCCNC1CCN(C(=O)OC)CC1. The molecule has 1 aliphatic heterocycles. The van der Waals surface area contributed by atoms with Gasteiger partial charge in [0.2, 0.25) is 0 Å². The summed E-state index contributed by atoms with van der Waals surface area (Å²) in [5.74, 6) is 0. The topological polar surface area (TPSA) is 41.6 Å². The monoisotopic (exact) mass is 200 g/mol. The average molecular weight is 200 g/mol. The van der Waals surface area contributed by atoms with Gasteiger partial charge in [-0.1, -0.05) is 6.92 Å². The summed E-state index contributed by atoms with van der Waals surface area (Å²) in [5, 5.41) is 3.47. The number of carbonyl (C=O) groups excluding carboxylic acids is 1. The van der Waals surface area contributed by atoms with E-state index in [0.29, 0.717) is 6.04 Å². The fourth-order valence-corrected chi connectivity index (χ4v) is 1.74. The molecule has 1 N–H and O–H groups in total. The van der Waals surface area contributed by atoms with Crippen molar-refractivity contribution in [1.82, 2.24) is 10.2 Å². The number of hydrogen-bond donors (Lipinski definition) is 1. The summed E-state index contributed by atoms with van der Waals surface area (Å²) in [7, 11) is 1.43. The van der Waals surface area contributed by atoms with Gasteiger partial charge in [0.1, 0.15) is 0 Å². The predicted molar refractivity (Wildman–Crippen MR) is 55.3 cm³/mol. The standard InChI is InChI=1S/C10H20N2O2/c1-3-6-11-9-4-7-12(8-5-9)10(13)14-2/h9,11H,3-8H2,1-2H3. The summed E-state index contributed by atoms with van der Waals surface area (Å²) >= 11 is 0. The van der Waals surface area contributed by atoms with Crippen LogP contribution in [0.3, 0.4) is 0 Å². The summed E-state index contributed by atoms with van der Waals surface area (Å²) in [6, 6.07) is 0.579. The Morgan fingerprint density at radius 1 is 1.50 bits per heavy atom. The first-order valence-corrected chi connectivity index (χ1v) is 5.34. The molecule has 1 aliphatic rings. The molecule has 1 heterocycles. The van der Waals surface area contributed by atoms with Gasteiger partial charge in [0, 0.05) is 19.1 Å². The smallest absolute Gasteiger partial charge is 0.409 e. The number of methoxy groups -OCH3 is 1. The number of carbonyl (C=O) groups is 1. The fraction of sp³-hybridized carbons (Fsp3) is 0.900. The van der Waals surface area contributed by atoms with Crippen molar-refractivity contribution in [2.24, 2.45) is 0 Å². The van der Waals surface area contributed by atoms with E-state index in [1.807, 2.05) is 0 Å². The van der Waals surface area contributed by atoms with Gasteiger partial charge in [0.25, 0.3) is 0 Å². The van der Waals surface area contributed by atoms with Gasteiger partial charge in [0.05, 0.1) is 7.11 Å². The normalized spacial score (nSPS) is 18.3. The second-order valence-corrected chi connectivity index (χ2v) is 3.69. The maximum absolute atomic E-state index is 11.2. The minimum atomic E-state index is -0.195. The van der Waals surface area contributed by atoms with Crippen LogP contribution in [0.15, 0.2) is 0 Å². The number of rotatable bonds is 3. The Labute approximate surface area is 85.6 Å². The van der Waals surface area contributed by atoms with Gasteiger partial charge in [-0.05, 0) is 25.8 Å². The number of ether oxygens (including phenoxy) is 1. The highest BCUT2D eigenvalue weighted by Gasteiger charge is 2.22. The van der Waals surface area contributed by atoms with Crippen LogP contribution in [0.5, 0.6) is 0 Å². The molecule has 0 bridgehead atoms. The third kappa shape index (κ3) is 3.18. The van der Waals surface area contributed by atoms with Gasteiger partial charge < -0.3 is 15.0 Å². The van der Waals surface area contributed by atoms with Crippen molar-refractivity contribution in [2.75, 3.05) is 26.7 Å². The molecule has 0 aromatic carbocycles. The fourth-order valence-electron chi connectivity index (χ4n) is 1.74. The van der Waals surface area contributed by atoms with Crippen LogP contribution in [0.1, 0.15) is 26.2 Å². The third-order valence-corrected chi connectivity index (χ3v) is 2.61. The molecule has 4 heteroatoms. The molecule has 4 nitrogen and oxygen atoms in total. The van der Waals surface area contributed by atoms with Gasteiger partial charge in [0.15, 0.2) is 0 Å². The molecule has 1 fully saturated rings. The molecule has 0 saturated carbocycles. The molecule has 0 aromatic rings. The molecule has 1 rings (SSSR count). The maximum atomic E-state index is 11.2. The van der Waals surface area contributed by atoms with Crippen LogP contribution in [0, 0.1) is 0 Å². The average Bonchev–Trinajstić information content (AvgIpc) is 2.26. The number of hydrogen-bond acceptors (Lipinski definition) is 3. The van der Waals surface area contributed by atoms with Crippen molar-refractivity contribution >= 4 is 6.09 Å². The van der Waals surface area contributed by atoms with Crippen LogP contribution in [-0.2, 0) is 4.74 Å². The first kappa shape index (κ1) is 11.3. The van der Waals surface area contributed by atoms with Gasteiger partial charge in [-0.15, -0.1) is 0 Å². The van der Waals surface area contributed by atoms with E-state index in [4.69, 9.17) is 0 Å². The number of amides is 1. The van der Waals surface area contributed by atoms with E-state index in [1.54, 1.807) is 4.90 Å². The van der Waals surface area contributed by atoms with Crippen LogP contribution in [0.2, 0.25) is 0 Å². The van der Waals surface area contributed by atoms with Crippen molar-refractivity contribution in [3.8, 4) is 0 Å². The van der Waals surface area contributed by atoms with E-state index in [9.17, 15) is 4.79 Å². The quantitative estimate of drug-likeness (QED) is 0.744. The van der Waals surface area contributed by atoms with Crippen molar-refractivity contribution in [1.29, 1.82) is 0 Å². The summed E-state index contributed by atoms with van der Waals surface area (Å²) in [6.07, 6.45) is 3.04. The third-order valence-electron chi connectivity index (χ3n) is 2.61. The van der Waals surface area contributed by atoms with Crippen molar-refractivity contribution in [3.05, 3.63) is 0 Å². The lowest BCUT2D eigenvalue weighted by Crippen LogP contribution is -2.45. The Morgan fingerprint density at radius 2 is 2.14 bits per heavy atom. The largest absolute Gasteiger partial charge is 0.453 e. The lowest BCUT2D eigenvalue weighted by molar-refractivity contribution is 0.110. The van der Waals surface area contributed by atoms with E-state index in [0.717, 1.165) is 38.9 Å². The second kappa shape index (κ2) is 5.86. The second-order valence-electron chi connectivity index (χ2n) is 3.69. The van der Waals surface area contributed by atoms with Crippen molar-refractivity contribution in [3.63, 3.8) is 0 Å². The number of likely N-dealkylation sites (tertiary alicyclic amines) is 1. The Balaban J connectivity index is 2.20. The molecule has 0 aromatic heterocycles. The number of nitrogens with zero attached hydrogens (tertiary/aromatic N) is 1. The van der Waals surface area contributed by atoms with Gasteiger partial charge in [-0.3, -0.25) is 0 Å². The number of piperidine rings is 1. The molecule has 1 saturated heterocycles. The van der Waals surface area contributed by atoms with Crippen LogP contribution >= 0.6 is 0 Å². The maximum Gasteiger partial charge on any atom is 0.409 e. The molecule has 82 valence electrons. The van der Waals surface area contributed by atoms with Crippen molar-refractivity contribution in [2.45, 2.75) is 32.2 Å². The zero-order valence-corrected chi connectivity index (χ0v) is 9.08. The first-order chi connectivity index (χ1) is 6.77. The Hall–Kier alpha value is -0.770. The highest BCUT2D eigenvalue weighted by Crippen LogP contribution is 2.10. The molecule has 0 atom stereocenters. The van der Waals surface area contributed by atoms with E-state index < -0.39 is 0 Å². The molecule has 0 unspecified atom stereocenters. The minimum Gasteiger partial charge on any atom is -0.453 e. The van der Waals surface area contributed by atoms with E-state index in [1.165, 1.54) is 7.11 Å². The highest BCUT2D eigenvalue weighted by molar-refractivity contribution is 5.67. The van der Waals surface area contributed by atoms with Crippen LogP contribution in [0.4, 0.5) is 4.79 Å². The zero-order chi connectivity index (χ0) is 10.4. The summed E-state index contributed by atoms with van der Waals surface area (Å²) in [6.45, 7) is 4.86. The molecular formula is C10H20N2O2. The molecule has 1 amide bonds. The van der Waals surface area contributed by atoms with Gasteiger partial charge >= 0.3 is 6.09 Å².